The summed E-state index contributed by atoms with van der Waals surface area (Å²) in [6, 6.07) is 68.5. The number of benzene rings is 8. The van der Waals surface area contributed by atoms with Crippen LogP contribution in [-0.2, 0) is 5.41 Å². The maximum atomic E-state index is 5.37. The SMILES string of the molecule is CC1(C)c2ccccc2-c2cccc(-c3nc(-c4ccccc4)nc(-c4ccc5c(c4)C4c6ccccc6C5c5cc(-c6nc(-c7ccccc7)nc(-c7ccccc7)n6)ccc54)n3)c21. The molecule has 0 aliphatic heterocycles. The van der Waals surface area contributed by atoms with Gasteiger partial charge in [0, 0.05) is 50.6 Å². The van der Waals surface area contributed by atoms with Crippen LogP contribution in [0.15, 0.2) is 194 Å². The van der Waals surface area contributed by atoms with E-state index in [1.165, 1.54) is 55.6 Å². The molecule has 14 rings (SSSR count). The Hall–Kier alpha value is -8.22. The van der Waals surface area contributed by atoms with Crippen molar-refractivity contribution in [1.29, 1.82) is 0 Å². The van der Waals surface area contributed by atoms with Gasteiger partial charge in [-0.1, -0.05) is 196 Å². The Morgan fingerprint density at radius 1 is 0.292 bits per heavy atom. The minimum atomic E-state index is -0.230. The monoisotopic (exact) mass is 832 g/mol. The molecule has 4 aliphatic carbocycles. The van der Waals surface area contributed by atoms with E-state index in [9.17, 15) is 0 Å². The molecule has 2 unspecified atom stereocenters. The van der Waals surface area contributed by atoms with Crippen molar-refractivity contribution in [2.45, 2.75) is 31.1 Å². The van der Waals surface area contributed by atoms with Gasteiger partial charge in [0.05, 0.1) is 0 Å². The molecule has 10 aromatic rings. The Morgan fingerprint density at radius 2 is 0.662 bits per heavy atom. The fourth-order valence-electron chi connectivity index (χ4n) is 10.8. The zero-order valence-corrected chi connectivity index (χ0v) is 35.8. The number of nitrogens with zero attached hydrogens (tertiary/aromatic N) is 6. The normalized spacial score (nSPS) is 15.7. The van der Waals surface area contributed by atoms with Gasteiger partial charge in [0.25, 0.3) is 0 Å². The number of rotatable bonds is 6. The highest BCUT2D eigenvalue weighted by Crippen LogP contribution is 2.57. The largest absolute Gasteiger partial charge is 0.208 e. The van der Waals surface area contributed by atoms with Crippen LogP contribution in [0.25, 0.3) is 79.5 Å². The number of hydrogen-bond acceptors (Lipinski definition) is 6. The summed E-state index contributed by atoms with van der Waals surface area (Å²) in [6.07, 6.45) is 0. The van der Waals surface area contributed by atoms with Crippen LogP contribution in [-0.4, -0.2) is 29.9 Å². The molecule has 0 radical (unpaired) electrons. The van der Waals surface area contributed by atoms with Crippen LogP contribution in [0, 0.1) is 0 Å². The van der Waals surface area contributed by atoms with Crippen molar-refractivity contribution in [3.63, 3.8) is 0 Å². The molecule has 6 heteroatoms. The molecule has 4 aliphatic rings. The van der Waals surface area contributed by atoms with Gasteiger partial charge in [-0.3, -0.25) is 0 Å². The molecule has 8 aromatic carbocycles. The molecule has 2 bridgehead atoms. The molecule has 0 amide bonds. The molecule has 0 saturated heterocycles. The van der Waals surface area contributed by atoms with Gasteiger partial charge in [0.1, 0.15) is 0 Å². The lowest BCUT2D eigenvalue weighted by molar-refractivity contribution is 0.661. The topological polar surface area (TPSA) is 77.3 Å². The highest BCUT2D eigenvalue weighted by Gasteiger charge is 2.42. The van der Waals surface area contributed by atoms with Gasteiger partial charge in [0.15, 0.2) is 34.9 Å². The lowest BCUT2D eigenvalue weighted by atomic mass is 9.61. The lowest BCUT2D eigenvalue weighted by Crippen LogP contribution is -2.27. The molecule has 0 N–H and O–H groups in total. The summed E-state index contributed by atoms with van der Waals surface area (Å²) in [5.74, 6) is 4.01. The van der Waals surface area contributed by atoms with Gasteiger partial charge in [-0.05, 0) is 67.8 Å². The standard InChI is InChI=1S/C59H40N6/c1-59(2)49-28-15-14-23-40(49)45-26-16-27-46(52(45)59)58-64-55(37-21-10-5-11-22-37)63-57(65-58)39-30-32-44-48(34-39)51-42-25-13-12-24-41(42)50(44)47-33-38(29-31-43(47)51)56-61-53(35-17-6-3-7-18-35)60-54(62-56)36-19-8-4-9-20-36/h3-34,50-51H,1-2H3. The van der Waals surface area contributed by atoms with Crippen molar-refractivity contribution in [3.8, 4) is 79.5 Å². The van der Waals surface area contributed by atoms with Crippen molar-refractivity contribution < 1.29 is 0 Å². The van der Waals surface area contributed by atoms with E-state index >= 15 is 0 Å². The molecular weight excluding hydrogens is 793 g/mol. The second-order valence-electron chi connectivity index (χ2n) is 17.8. The van der Waals surface area contributed by atoms with Gasteiger partial charge in [0.2, 0.25) is 0 Å². The Morgan fingerprint density at radius 3 is 1.15 bits per heavy atom. The number of aromatic nitrogens is 6. The Labute approximate surface area is 377 Å². The summed E-state index contributed by atoms with van der Waals surface area (Å²) in [5, 5.41) is 0. The highest BCUT2D eigenvalue weighted by molar-refractivity contribution is 5.87. The third-order valence-electron chi connectivity index (χ3n) is 13.7. The predicted molar refractivity (Wildman–Crippen MR) is 258 cm³/mol. The molecule has 65 heavy (non-hydrogen) atoms. The van der Waals surface area contributed by atoms with E-state index in [0.29, 0.717) is 34.9 Å². The van der Waals surface area contributed by atoms with E-state index in [-0.39, 0.29) is 17.3 Å². The van der Waals surface area contributed by atoms with E-state index in [1.54, 1.807) is 0 Å². The summed E-state index contributed by atoms with van der Waals surface area (Å²) >= 11 is 0. The first-order chi connectivity index (χ1) is 32.0. The molecule has 306 valence electrons. The van der Waals surface area contributed by atoms with Crippen LogP contribution in [0.2, 0.25) is 0 Å². The quantitative estimate of drug-likeness (QED) is 0.166. The van der Waals surface area contributed by atoms with Crippen molar-refractivity contribution >= 4 is 0 Å². The summed E-state index contributed by atoms with van der Waals surface area (Å²) in [5.41, 5.74) is 18.5. The summed E-state index contributed by atoms with van der Waals surface area (Å²) in [4.78, 5) is 31.0. The second-order valence-corrected chi connectivity index (χ2v) is 17.8. The molecule has 2 aromatic heterocycles. The van der Waals surface area contributed by atoms with Gasteiger partial charge >= 0.3 is 0 Å². The van der Waals surface area contributed by atoms with E-state index in [2.05, 4.69) is 153 Å². The van der Waals surface area contributed by atoms with E-state index in [0.717, 1.165) is 33.4 Å². The van der Waals surface area contributed by atoms with Crippen LogP contribution in [0.5, 0.6) is 0 Å². The zero-order chi connectivity index (χ0) is 43.2. The van der Waals surface area contributed by atoms with E-state index in [4.69, 9.17) is 29.9 Å². The smallest absolute Gasteiger partial charge is 0.164 e. The first-order valence-electron chi connectivity index (χ1n) is 22.3. The molecular formula is C59H40N6. The molecule has 2 heterocycles. The van der Waals surface area contributed by atoms with Gasteiger partial charge < -0.3 is 0 Å². The van der Waals surface area contributed by atoms with Crippen LogP contribution < -0.4 is 0 Å². The average Bonchev–Trinajstić information content (AvgIpc) is 3.62. The van der Waals surface area contributed by atoms with Gasteiger partial charge in [-0.25, -0.2) is 29.9 Å². The van der Waals surface area contributed by atoms with E-state index in [1.807, 2.05) is 54.6 Å². The third kappa shape index (κ3) is 5.87. The lowest BCUT2D eigenvalue weighted by Gasteiger charge is -2.42. The van der Waals surface area contributed by atoms with Gasteiger partial charge in [-0.15, -0.1) is 0 Å². The summed E-state index contributed by atoms with van der Waals surface area (Å²) in [6.45, 7) is 4.62. The van der Waals surface area contributed by atoms with Crippen molar-refractivity contribution in [2.24, 2.45) is 0 Å². The predicted octanol–water partition coefficient (Wildman–Crippen LogP) is 13.4. The minimum absolute atomic E-state index is 0.0277. The number of hydrogen-bond donors (Lipinski definition) is 0. The van der Waals surface area contributed by atoms with Crippen LogP contribution in [0.1, 0.15) is 70.2 Å². The fourth-order valence-corrected chi connectivity index (χ4v) is 10.8. The zero-order valence-electron chi connectivity index (χ0n) is 35.8. The Kier molecular flexibility index (Phi) is 8.28. The average molecular weight is 833 g/mol. The fraction of sp³-hybridized carbons (Fsp3) is 0.0847. The summed E-state index contributed by atoms with van der Waals surface area (Å²) in [7, 11) is 0. The first kappa shape index (κ1) is 37.3. The van der Waals surface area contributed by atoms with Gasteiger partial charge in [-0.2, -0.15) is 0 Å². The minimum Gasteiger partial charge on any atom is -0.208 e. The second kappa shape index (κ2) is 14.4. The molecule has 0 spiro atoms. The van der Waals surface area contributed by atoms with Crippen molar-refractivity contribution in [1.82, 2.24) is 29.9 Å². The molecule has 0 fully saturated rings. The Balaban J connectivity index is 0.950. The van der Waals surface area contributed by atoms with Crippen LogP contribution in [0.3, 0.4) is 0 Å². The molecule has 2 atom stereocenters. The van der Waals surface area contributed by atoms with Crippen LogP contribution >= 0.6 is 0 Å². The van der Waals surface area contributed by atoms with Crippen molar-refractivity contribution in [2.75, 3.05) is 0 Å². The van der Waals surface area contributed by atoms with Crippen LogP contribution in [0.4, 0.5) is 0 Å². The van der Waals surface area contributed by atoms with E-state index < -0.39 is 0 Å². The maximum absolute atomic E-state index is 5.37. The number of fused-ring (bicyclic) bond motifs is 3. The molecule has 0 saturated carbocycles. The maximum Gasteiger partial charge on any atom is 0.164 e. The molecule has 6 nitrogen and oxygen atoms in total. The first-order valence-corrected chi connectivity index (χ1v) is 22.3. The van der Waals surface area contributed by atoms with Crippen molar-refractivity contribution in [3.05, 3.63) is 239 Å². The Bertz CT molecular complexity index is 3470. The highest BCUT2D eigenvalue weighted by atomic mass is 15.0. The third-order valence-corrected chi connectivity index (χ3v) is 13.7. The summed E-state index contributed by atoms with van der Waals surface area (Å²) < 4.78 is 0.